The Balaban J connectivity index is 2.42. The summed E-state index contributed by atoms with van der Waals surface area (Å²) in [4.78, 5) is 0. The summed E-state index contributed by atoms with van der Waals surface area (Å²) < 4.78 is 0. The second kappa shape index (κ2) is 5.34. The van der Waals surface area contributed by atoms with Gasteiger partial charge in [-0.1, -0.05) is 53.4 Å². The van der Waals surface area contributed by atoms with E-state index in [1.165, 1.54) is 25.7 Å². The van der Waals surface area contributed by atoms with Gasteiger partial charge in [-0.15, -0.1) is 0 Å². The highest BCUT2D eigenvalue weighted by Crippen LogP contribution is 2.40. The van der Waals surface area contributed by atoms with Crippen molar-refractivity contribution in [1.82, 2.24) is 0 Å². The van der Waals surface area contributed by atoms with E-state index in [0.29, 0.717) is 11.8 Å². The monoisotopic (exact) mass is 212 g/mol. The maximum Gasteiger partial charge on any atom is 0.0675 e. The van der Waals surface area contributed by atoms with Gasteiger partial charge in [-0.3, -0.25) is 0 Å². The van der Waals surface area contributed by atoms with Crippen molar-refractivity contribution in [3.63, 3.8) is 0 Å². The van der Waals surface area contributed by atoms with Crippen molar-refractivity contribution in [2.75, 3.05) is 0 Å². The normalized spacial score (nSPS) is 37.2. The maximum absolute atomic E-state index is 10.6. The molecule has 0 amide bonds. The molecule has 1 fully saturated rings. The summed E-state index contributed by atoms with van der Waals surface area (Å²) in [5.41, 5.74) is -0.355. The Morgan fingerprint density at radius 3 is 2.60 bits per heavy atom. The molecule has 0 radical (unpaired) electrons. The first-order valence-electron chi connectivity index (χ1n) is 6.68. The van der Waals surface area contributed by atoms with Crippen LogP contribution < -0.4 is 0 Å². The molecular weight excluding hydrogens is 184 g/mol. The van der Waals surface area contributed by atoms with E-state index < -0.39 is 0 Å². The van der Waals surface area contributed by atoms with Crippen LogP contribution in [-0.4, -0.2) is 10.7 Å². The van der Waals surface area contributed by atoms with Gasteiger partial charge in [0, 0.05) is 0 Å². The number of hydrogen-bond donors (Lipinski definition) is 1. The maximum atomic E-state index is 10.6. The lowest BCUT2D eigenvalue weighted by molar-refractivity contribution is -0.0706. The van der Waals surface area contributed by atoms with E-state index in [9.17, 15) is 5.11 Å². The van der Waals surface area contributed by atoms with Crippen LogP contribution >= 0.6 is 0 Å². The highest BCUT2D eigenvalue weighted by molar-refractivity contribution is 4.90. The average Bonchev–Trinajstić information content (AvgIpc) is 2.14. The van der Waals surface area contributed by atoms with Crippen LogP contribution in [0, 0.1) is 17.8 Å². The zero-order valence-corrected chi connectivity index (χ0v) is 10.9. The Morgan fingerprint density at radius 1 is 1.33 bits per heavy atom. The fraction of sp³-hybridized carbons (Fsp3) is 1.00. The van der Waals surface area contributed by atoms with Gasteiger partial charge >= 0.3 is 0 Å². The van der Waals surface area contributed by atoms with E-state index in [2.05, 4.69) is 27.7 Å². The summed E-state index contributed by atoms with van der Waals surface area (Å²) in [6.45, 7) is 9.05. The van der Waals surface area contributed by atoms with Crippen LogP contribution in [0.2, 0.25) is 0 Å². The molecule has 0 bridgehead atoms. The van der Waals surface area contributed by atoms with Crippen molar-refractivity contribution in [3.05, 3.63) is 0 Å². The topological polar surface area (TPSA) is 20.2 Å². The van der Waals surface area contributed by atoms with Crippen LogP contribution in [0.1, 0.15) is 66.2 Å². The van der Waals surface area contributed by atoms with Crippen LogP contribution in [0.25, 0.3) is 0 Å². The van der Waals surface area contributed by atoms with Crippen molar-refractivity contribution >= 4 is 0 Å². The summed E-state index contributed by atoms with van der Waals surface area (Å²) in [5, 5.41) is 10.6. The largest absolute Gasteiger partial charge is 0.390 e. The SMILES string of the molecule is CC(C)CCCC1(O)CCCC(C)C1C. The molecule has 0 saturated heterocycles. The fourth-order valence-electron chi connectivity index (χ4n) is 2.91. The molecule has 0 aliphatic heterocycles. The third kappa shape index (κ3) is 3.48. The fourth-order valence-corrected chi connectivity index (χ4v) is 2.91. The van der Waals surface area contributed by atoms with E-state index in [4.69, 9.17) is 0 Å². The predicted molar refractivity (Wildman–Crippen MR) is 65.8 cm³/mol. The van der Waals surface area contributed by atoms with E-state index in [-0.39, 0.29) is 5.60 Å². The molecule has 15 heavy (non-hydrogen) atoms. The molecule has 0 heterocycles. The molecule has 0 spiro atoms. The highest BCUT2D eigenvalue weighted by atomic mass is 16.3. The summed E-state index contributed by atoms with van der Waals surface area (Å²) in [6.07, 6.45) is 6.99. The lowest BCUT2D eigenvalue weighted by atomic mass is 9.68. The van der Waals surface area contributed by atoms with Crippen molar-refractivity contribution in [1.29, 1.82) is 0 Å². The first-order chi connectivity index (χ1) is 6.96. The van der Waals surface area contributed by atoms with Crippen molar-refractivity contribution in [3.8, 4) is 0 Å². The van der Waals surface area contributed by atoms with Crippen molar-refractivity contribution < 1.29 is 5.11 Å². The van der Waals surface area contributed by atoms with E-state index >= 15 is 0 Å². The zero-order chi connectivity index (χ0) is 11.5. The Morgan fingerprint density at radius 2 is 2.00 bits per heavy atom. The lowest BCUT2D eigenvalue weighted by Crippen LogP contribution is -2.42. The van der Waals surface area contributed by atoms with Gasteiger partial charge in [0.25, 0.3) is 0 Å². The van der Waals surface area contributed by atoms with Crippen molar-refractivity contribution in [2.45, 2.75) is 71.8 Å². The molecule has 1 nitrogen and oxygen atoms in total. The third-order valence-electron chi connectivity index (χ3n) is 4.36. The number of hydrogen-bond acceptors (Lipinski definition) is 1. The van der Waals surface area contributed by atoms with Crippen LogP contribution in [-0.2, 0) is 0 Å². The van der Waals surface area contributed by atoms with Gasteiger partial charge in [-0.25, -0.2) is 0 Å². The molecule has 1 saturated carbocycles. The van der Waals surface area contributed by atoms with Gasteiger partial charge in [0.2, 0.25) is 0 Å². The second-order valence-corrected chi connectivity index (χ2v) is 6.05. The number of aliphatic hydroxyl groups is 1. The molecule has 0 aromatic heterocycles. The van der Waals surface area contributed by atoms with Gasteiger partial charge in [-0.2, -0.15) is 0 Å². The Labute approximate surface area is 95.3 Å². The summed E-state index contributed by atoms with van der Waals surface area (Å²) in [7, 11) is 0. The van der Waals surface area contributed by atoms with Crippen LogP contribution in [0.4, 0.5) is 0 Å². The van der Waals surface area contributed by atoms with Gasteiger partial charge in [-0.05, 0) is 30.6 Å². The predicted octanol–water partition coefficient (Wildman–Crippen LogP) is 4.00. The van der Waals surface area contributed by atoms with Gasteiger partial charge in [0.15, 0.2) is 0 Å². The quantitative estimate of drug-likeness (QED) is 0.747. The highest BCUT2D eigenvalue weighted by Gasteiger charge is 2.38. The minimum absolute atomic E-state index is 0.355. The summed E-state index contributed by atoms with van der Waals surface area (Å²) >= 11 is 0. The van der Waals surface area contributed by atoms with Crippen LogP contribution in [0.5, 0.6) is 0 Å². The smallest absolute Gasteiger partial charge is 0.0675 e. The van der Waals surface area contributed by atoms with E-state index in [1.54, 1.807) is 0 Å². The molecule has 1 N–H and O–H groups in total. The number of rotatable bonds is 4. The summed E-state index contributed by atoms with van der Waals surface area (Å²) in [6, 6.07) is 0. The third-order valence-corrected chi connectivity index (χ3v) is 4.36. The molecule has 0 aromatic carbocycles. The minimum atomic E-state index is -0.355. The van der Waals surface area contributed by atoms with E-state index in [1.807, 2.05) is 0 Å². The van der Waals surface area contributed by atoms with Gasteiger partial charge < -0.3 is 5.11 Å². The molecular formula is C14H28O. The Bertz CT molecular complexity index is 188. The first-order valence-corrected chi connectivity index (χ1v) is 6.68. The first kappa shape index (κ1) is 13.0. The Hall–Kier alpha value is -0.0400. The summed E-state index contributed by atoms with van der Waals surface area (Å²) in [5.74, 6) is 1.95. The molecule has 0 aromatic rings. The Kier molecular flexibility index (Phi) is 4.64. The van der Waals surface area contributed by atoms with Crippen LogP contribution in [0.15, 0.2) is 0 Å². The standard InChI is InChI=1S/C14H28O/c1-11(2)7-5-9-14(15)10-6-8-12(3)13(14)4/h11-13,15H,5-10H2,1-4H3. The molecule has 1 heteroatoms. The molecule has 3 unspecified atom stereocenters. The molecule has 1 aliphatic carbocycles. The molecule has 90 valence electrons. The minimum Gasteiger partial charge on any atom is -0.390 e. The zero-order valence-electron chi connectivity index (χ0n) is 10.9. The second-order valence-electron chi connectivity index (χ2n) is 6.05. The molecule has 1 aliphatic rings. The van der Waals surface area contributed by atoms with Gasteiger partial charge in [0.05, 0.1) is 5.60 Å². The van der Waals surface area contributed by atoms with Crippen LogP contribution in [0.3, 0.4) is 0 Å². The van der Waals surface area contributed by atoms with E-state index in [0.717, 1.165) is 18.8 Å². The van der Waals surface area contributed by atoms with Gasteiger partial charge in [0.1, 0.15) is 0 Å². The average molecular weight is 212 g/mol. The van der Waals surface area contributed by atoms with Crippen molar-refractivity contribution in [2.24, 2.45) is 17.8 Å². The molecule has 3 atom stereocenters. The molecule has 1 rings (SSSR count). The lowest BCUT2D eigenvalue weighted by Gasteiger charge is -2.42.